The van der Waals surface area contributed by atoms with Crippen LogP contribution in [0.5, 0.6) is 0 Å². The molecule has 2 heterocycles. The quantitative estimate of drug-likeness (QED) is 0.578. The molecule has 4 N–H and O–H groups in total. The van der Waals surface area contributed by atoms with Crippen LogP contribution in [0, 0.1) is 12.8 Å². The number of alkyl carbamates (subject to hydrolysis) is 1. The highest BCUT2D eigenvalue weighted by atomic mass is 16.6. The van der Waals surface area contributed by atoms with Gasteiger partial charge in [0.1, 0.15) is 5.60 Å². The number of aryl methyl sites for hydroxylation is 1. The van der Waals surface area contributed by atoms with E-state index in [0.29, 0.717) is 19.5 Å². The van der Waals surface area contributed by atoms with Gasteiger partial charge in [-0.1, -0.05) is 30.3 Å². The first-order chi connectivity index (χ1) is 14.6. The lowest BCUT2D eigenvalue weighted by Crippen LogP contribution is -2.56. The lowest BCUT2D eigenvalue weighted by molar-refractivity contribution is 0.0470. The largest absolute Gasteiger partial charge is 0.465 e. The Kier molecular flexibility index (Phi) is 6.72. The third kappa shape index (κ3) is 6.13. The average Bonchev–Trinajstić information content (AvgIpc) is 3.12. The van der Waals surface area contributed by atoms with Gasteiger partial charge in [0.15, 0.2) is 0 Å². The van der Waals surface area contributed by atoms with Crippen LogP contribution in [0.1, 0.15) is 44.5 Å². The Bertz CT molecular complexity index is 893. The molecule has 0 bridgehead atoms. The van der Waals surface area contributed by atoms with Crippen molar-refractivity contribution in [2.45, 2.75) is 51.8 Å². The summed E-state index contributed by atoms with van der Waals surface area (Å²) in [5.74, 6) is 0.563. The van der Waals surface area contributed by atoms with Crippen molar-refractivity contribution in [3.05, 3.63) is 47.8 Å². The number of imidazole rings is 1. The number of carbonyl (C=O) groups is 2. The smallest absolute Gasteiger partial charge is 0.407 e. The van der Waals surface area contributed by atoms with Gasteiger partial charge in [0, 0.05) is 30.9 Å². The van der Waals surface area contributed by atoms with E-state index >= 15 is 0 Å². The maximum atomic E-state index is 12.6. The van der Waals surface area contributed by atoms with E-state index in [1.807, 2.05) is 58.0 Å². The van der Waals surface area contributed by atoms with E-state index in [9.17, 15) is 14.7 Å². The predicted octanol–water partition coefficient (Wildman–Crippen LogP) is 3.45. The second-order valence-corrected chi connectivity index (χ2v) is 8.88. The molecule has 1 fully saturated rings. The van der Waals surface area contributed by atoms with E-state index in [-0.39, 0.29) is 12.0 Å². The summed E-state index contributed by atoms with van der Waals surface area (Å²) >= 11 is 0. The number of piperidine rings is 1. The first kappa shape index (κ1) is 22.5. The zero-order valence-corrected chi connectivity index (χ0v) is 18.4. The molecule has 1 aliphatic heterocycles. The molecule has 1 aromatic carbocycles. The van der Waals surface area contributed by atoms with Gasteiger partial charge in [0.25, 0.3) is 0 Å². The highest BCUT2D eigenvalue weighted by molar-refractivity contribution is 5.68. The van der Waals surface area contributed by atoms with Crippen molar-refractivity contribution in [2.75, 3.05) is 18.0 Å². The number of H-pyrrole nitrogens is 1. The number of benzene rings is 1. The number of nitrogens with one attached hydrogen (secondary N) is 3. The highest BCUT2D eigenvalue weighted by Crippen LogP contribution is 2.32. The summed E-state index contributed by atoms with van der Waals surface area (Å²) in [4.78, 5) is 33.9. The highest BCUT2D eigenvalue weighted by Gasteiger charge is 2.38. The predicted molar refractivity (Wildman–Crippen MR) is 117 cm³/mol. The number of hydrogen-bond donors (Lipinski definition) is 4. The zero-order chi connectivity index (χ0) is 22.6. The number of carboxylic acid groups (broad SMARTS) is 1. The number of amides is 2. The van der Waals surface area contributed by atoms with Gasteiger partial charge in [-0.25, -0.2) is 14.6 Å². The minimum atomic E-state index is -1.10. The SMILES string of the molecule is Cc1cnc(N2CCC(C(NC(=O)O)c3ccccc3)C(NC(=O)OC(C)(C)C)C2)[nH]1. The van der Waals surface area contributed by atoms with Gasteiger partial charge in [0.2, 0.25) is 5.95 Å². The Labute approximate surface area is 182 Å². The molecule has 3 rings (SSSR count). The number of carbonyl (C=O) groups excluding carboxylic acids is 1. The van der Waals surface area contributed by atoms with Crippen LogP contribution >= 0.6 is 0 Å². The average molecular weight is 430 g/mol. The van der Waals surface area contributed by atoms with Crippen molar-refractivity contribution in [1.82, 2.24) is 20.6 Å². The molecule has 0 aliphatic carbocycles. The van der Waals surface area contributed by atoms with E-state index in [4.69, 9.17) is 4.74 Å². The number of rotatable bonds is 5. The maximum absolute atomic E-state index is 12.6. The molecule has 1 aromatic heterocycles. The number of anilines is 1. The van der Waals surface area contributed by atoms with Crippen LogP contribution in [0.4, 0.5) is 15.5 Å². The molecule has 168 valence electrons. The summed E-state index contributed by atoms with van der Waals surface area (Å²) in [7, 11) is 0. The Morgan fingerprint density at radius 1 is 1.29 bits per heavy atom. The minimum absolute atomic E-state index is 0.168. The second-order valence-electron chi connectivity index (χ2n) is 8.88. The topological polar surface area (TPSA) is 120 Å². The molecular formula is C22H31N5O4. The molecular weight excluding hydrogens is 398 g/mol. The van der Waals surface area contributed by atoms with E-state index < -0.39 is 23.8 Å². The third-order valence-corrected chi connectivity index (χ3v) is 5.22. The van der Waals surface area contributed by atoms with E-state index in [1.54, 1.807) is 6.20 Å². The number of aromatic nitrogens is 2. The monoisotopic (exact) mass is 429 g/mol. The molecule has 9 nitrogen and oxygen atoms in total. The van der Waals surface area contributed by atoms with Crippen LogP contribution < -0.4 is 15.5 Å². The number of hydrogen-bond acceptors (Lipinski definition) is 5. The lowest BCUT2D eigenvalue weighted by atomic mass is 9.82. The molecule has 0 radical (unpaired) electrons. The first-order valence-electron chi connectivity index (χ1n) is 10.4. The van der Waals surface area contributed by atoms with Crippen molar-refractivity contribution in [3.63, 3.8) is 0 Å². The molecule has 0 saturated carbocycles. The van der Waals surface area contributed by atoms with E-state index in [2.05, 4.69) is 25.5 Å². The lowest BCUT2D eigenvalue weighted by Gasteiger charge is -2.42. The molecule has 0 spiro atoms. The van der Waals surface area contributed by atoms with E-state index in [0.717, 1.165) is 17.2 Å². The maximum Gasteiger partial charge on any atom is 0.407 e. The van der Waals surface area contributed by atoms with Crippen LogP contribution in [-0.2, 0) is 4.74 Å². The fourth-order valence-corrected chi connectivity index (χ4v) is 3.96. The Balaban J connectivity index is 1.87. The van der Waals surface area contributed by atoms with Crippen LogP contribution in [0.2, 0.25) is 0 Å². The third-order valence-electron chi connectivity index (χ3n) is 5.22. The molecule has 1 saturated heterocycles. The Hall–Kier alpha value is -3.23. The van der Waals surface area contributed by atoms with Gasteiger partial charge in [-0.05, 0) is 39.7 Å². The molecule has 1 aliphatic rings. The Morgan fingerprint density at radius 2 is 2.00 bits per heavy atom. The van der Waals surface area contributed by atoms with Crippen LogP contribution in [0.3, 0.4) is 0 Å². The molecule has 3 atom stereocenters. The van der Waals surface area contributed by atoms with Gasteiger partial charge in [-0.15, -0.1) is 0 Å². The van der Waals surface area contributed by atoms with Crippen molar-refractivity contribution >= 4 is 18.1 Å². The summed E-state index contributed by atoms with van der Waals surface area (Å²) in [6, 6.07) is 8.61. The summed E-state index contributed by atoms with van der Waals surface area (Å²) in [6.07, 6.45) is 0.785. The van der Waals surface area contributed by atoms with Crippen molar-refractivity contribution < 1.29 is 19.4 Å². The summed E-state index contributed by atoms with van der Waals surface area (Å²) in [6.45, 7) is 8.50. The van der Waals surface area contributed by atoms with Crippen LogP contribution in [0.25, 0.3) is 0 Å². The fraction of sp³-hybridized carbons (Fsp3) is 0.500. The summed E-state index contributed by atoms with van der Waals surface area (Å²) < 4.78 is 5.47. The zero-order valence-electron chi connectivity index (χ0n) is 18.4. The first-order valence-corrected chi connectivity index (χ1v) is 10.4. The van der Waals surface area contributed by atoms with Gasteiger partial charge in [-0.2, -0.15) is 0 Å². The normalized spacial score (nSPS) is 20.1. The fourth-order valence-electron chi connectivity index (χ4n) is 3.96. The van der Waals surface area contributed by atoms with Crippen molar-refractivity contribution in [2.24, 2.45) is 5.92 Å². The number of ether oxygens (including phenoxy) is 1. The number of aromatic amines is 1. The molecule has 9 heteroatoms. The summed E-state index contributed by atoms with van der Waals surface area (Å²) in [5, 5.41) is 15.1. The van der Waals surface area contributed by atoms with Gasteiger partial charge < -0.3 is 30.4 Å². The van der Waals surface area contributed by atoms with Crippen molar-refractivity contribution in [1.29, 1.82) is 0 Å². The molecule has 31 heavy (non-hydrogen) atoms. The van der Waals surface area contributed by atoms with Gasteiger partial charge >= 0.3 is 12.2 Å². The van der Waals surface area contributed by atoms with Gasteiger partial charge in [-0.3, -0.25) is 0 Å². The van der Waals surface area contributed by atoms with Crippen molar-refractivity contribution in [3.8, 4) is 0 Å². The van der Waals surface area contributed by atoms with Crippen LogP contribution in [0.15, 0.2) is 36.5 Å². The molecule has 2 aromatic rings. The minimum Gasteiger partial charge on any atom is -0.465 e. The van der Waals surface area contributed by atoms with E-state index in [1.165, 1.54) is 0 Å². The van der Waals surface area contributed by atoms with Gasteiger partial charge in [0.05, 0.1) is 12.1 Å². The number of nitrogens with zero attached hydrogens (tertiary/aromatic N) is 2. The summed E-state index contributed by atoms with van der Waals surface area (Å²) in [5.41, 5.74) is 1.17. The Morgan fingerprint density at radius 3 is 2.58 bits per heavy atom. The molecule has 2 amide bonds. The van der Waals surface area contributed by atoms with Crippen LogP contribution in [-0.4, -0.2) is 52.0 Å². The molecule has 3 unspecified atom stereocenters. The second kappa shape index (κ2) is 9.28. The standard InChI is InChI=1S/C22H31N5O4/c1-14-12-23-19(24-14)27-11-10-16(17(13-27)25-21(30)31-22(2,3)4)18(26-20(28)29)15-8-6-5-7-9-15/h5-9,12,16-18,26H,10-11,13H2,1-4H3,(H,23,24)(H,25,30)(H,28,29).